The van der Waals surface area contributed by atoms with Crippen molar-refractivity contribution in [2.24, 2.45) is 0 Å². The summed E-state index contributed by atoms with van der Waals surface area (Å²) >= 11 is 0. The Morgan fingerprint density at radius 1 is 1.00 bits per heavy atom. The highest BCUT2D eigenvalue weighted by Gasteiger charge is 2.47. The molecule has 0 bridgehead atoms. The number of pyridine rings is 1. The average molecular weight is 529 g/mol. The minimum Gasteiger partial charge on any atom is -0.444 e. The summed E-state index contributed by atoms with van der Waals surface area (Å²) < 4.78 is 5.17. The largest absolute Gasteiger partial charge is 0.444 e. The van der Waals surface area contributed by atoms with Crippen molar-refractivity contribution < 1.29 is 19.1 Å². The van der Waals surface area contributed by atoms with Gasteiger partial charge in [0.05, 0.1) is 0 Å². The molecule has 210 valence electrons. The van der Waals surface area contributed by atoms with E-state index >= 15 is 0 Å². The van der Waals surface area contributed by atoms with Crippen LogP contribution in [0.4, 0.5) is 10.6 Å². The molecule has 0 unspecified atom stereocenters. The third-order valence-corrected chi connectivity index (χ3v) is 7.55. The molecule has 3 N–H and O–H groups in total. The zero-order chi connectivity index (χ0) is 28.1. The average Bonchev–Trinajstić information content (AvgIpc) is 3.06. The van der Waals surface area contributed by atoms with E-state index in [1.807, 2.05) is 17.2 Å². The van der Waals surface area contributed by atoms with Crippen molar-refractivity contribution in [1.29, 1.82) is 0 Å². The Morgan fingerprint density at radius 3 is 2.18 bits per heavy atom. The lowest BCUT2D eigenvalue weighted by Crippen LogP contribution is -2.52. The minimum absolute atomic E-state index is 0.0109. The molecule has 38 heavy (non-hydrogen) atoms. The Kier molecular flexibility index (Phi) is 9.46. The van der Waals surface area contributed by atoms with E-state index in [0.29, 0.717) is 45.6 Å². The second-order valence-electron chi connectivity index (χ2n) is 12.4. The van der Waals surface area contributed by atoms with E-state index in [2.05, 4.69) is 54.4 Å². The number of hydrogen-bond acceptors (Lipinski definition) is 8. The number of nitrogens with zero attached hydrogens (tertiary/aromatic N) is 3. The van der Waals surface area contributed by atoms with Gasteiger partial charge < -0.3 is 30.3 Å². The quantitative estimate of drug-likeness (QED) is 0.329. The third-order valence-electron chi connectivity index (χ3n) is 7.55. The lowest BCUT2D eigenvalue weighted by Gasteiger charge is -2.35. The number of carbonyl (C=O) groups is 3. The molecular formula is C27H45BN6O4. The number of nitrogens with one attached hydrogen (secondary N) is 3. The second kappa shape index (κ2) is 12.0. The predicted molar refractivity (Wildman–Crippen MR) is 151 cm³/mol. The molecule has 2 amide bonds. The van der Waals surface area contributed by atoms with Gasteiger partial charge >= 0.3 is 13.1 Å². The highest BCUT2D eigenvalue weighted by Crippen LogP contribution is 2.26. The van der Waals surface area contributed by atoms with Crippen LogP contribution >= 0.6 is 0 Å². The zero-order valence-corrected chi connectivity index (χ0v) is 24.1. The maximum absolute atomic E-state index is 12.6. The van der Waals surface area contributed by atoms with E-state index in [1.165, 1.54) is 0 Å². The molecule has 2 saturated heterocycles. The molecule has 2 aliphatic heterocycles. The molecule has 11 heteroatoms. The third kappa shape index (κ3) is 8.17. The Balaban J connectivity index is 1.35. The number of ether oxygens (including phenoxy) is 1. The first-order chi connectivity index (χ1) is 17.7. The number of amides is 2. The first kappa shape index (κ1) is 29.9. The lowest BCUT2D eigenvalue weighted by atomic mass is 9.70. The highest BCUT2D eigenvalue weighted by atomic mass is 16.6. The van der Waals surface area contributed by atoms with Crippen molar-refractivity contribution in [2.75, 3.05) is 37.6 Å². The number of ketones is 1. The van der Waals surface area contributed by atoms with E-state index in [-0.39, 0.29) is 42.6 Å². The summed E-state index contributed by atoms with van der Waals surface area (Å²) in [5.74, 6) is 0.953. The number of alkyl carbamates (subject to hydrolysis) is 1. The van der Waals surface area contributed by atoms with Gasteiger partial charge in [0.2, 0.25) is 5.91 Å². The zero-order valence-electron chi connectivity index (χ0n) is 24.1. The molecule has 0 spiro atoms. The van der Waals surface area contributed by atoms with E-state index in [4.69, 9.17) is 9.72 Å². The molecule has 1 aromatic heterocycles. The van der Waals surface area contributed by atoms with Crippen LogP contribution in [-0.2, 0) is 14.3 Å². The van der Waals surface area contributed by atoms with Crippen LogP contribution < -0.4 is 26.1 Å². The molecule has 2 aliphatic rings. The lowest BCUT2D eigenvalue weighted by molar-refractivity contribution is -0.133. The molecule has 2 fully saturated rings. The SMILES string of the molecule is CC(C)(C)OC(=O)NCCCC(=O)CCC(=O)N1CCN(c2ccc(B3NC(C)(C)C(C)(C)N3)cn2)CC1. The van der Waals surface area contributed by atoms with E-state index in [9.17, 15) is 14.4 Å². The minimum atomic E-state index is -0.549. The fraction of sp³-hybridized carbons (Fsp3) is 0.704. The summed E-state index contributed by atoms with van der Waals surface area (Å²) in [5.41, 5.74) is 0.476. The summed E-state index contributed by atoms with van der Waals surface area (Å²) in [6.07, 6.45) is 2.74. The molecule has 1 aromatic rings. The van der Waals surface area contributed by atoms with Crippen LogP contribution in [0.2, 0.25) is 0 Å². The Morgan fingerprint density at radius 2 is 1.63 bits per heavy atom. The Bertz CT molecular complexity index is 968. The number of hydrogen-bond donors (Lipinski definition) is 3. The van der Waals surface area contributed by atoms with Crippen molar-refractivity contribution in [3.05, 3.63) is 18.3 Å². The van der Waals surface area contributed by atoms with Crippen molar-refractivity contribution in [3.63, 3.8) is 0 Å². The number of aromatic nitrogens is 1. The smallest absolute Gasteiger partial charge is 0.407 e. The molecule has 0 aromatic carbocycles. The maximum atomic E-state index is 12.6. The van der Waals surface area contributed by atoms with Gasteiger partial charge in [-0.3, -0.25) is 9.59 Å². The first-order valence-corrected chi connectivity index (χ1v) is 13.7. The predicted octanol–water partition coefficient (Wildman–Crippen LogP) is 1.83. The van der Waals surface area contributed by atoms with Gasteiger partial charge in [-0.1, -0.05) is 6.07 Å². The van der Waals surface area contributed by atoms with E-state index in [0.717, 1.165) is 11.3 Å². The molecule has 0 radical (unpaired) electrons. The normalized spacial score (nSPS) is 18.9. The molecule has 0 saturated carbocycles. The van der Waals surface area contributed by atoms with Crippen LogP contribution in [0.3, 0.4) is 0 Å². The molecule has 3 rings (SSSR count). The van der Waals surface area contributed by atoms with Crippen LogP contribution in [0.25, 0.3) is 0 Å². The van der Waals surface area contributed by atoms with E-state index in [1.54, 1.807) is 20.8 Å². The van der Waals surface area contributed by atoms with Gasteiger partial charge in [0, 0.05) is 69.3 Å². The van der Waals surface area contributed by atoms with Crippen LogP contribution in [0.15, 0.2) is 18.3 Å². The topological polar surface area (TPSA) is 116 Å². The Hall–Kier alpha value is -2.66. The summed E-state index contributed by atoms with van der Waals surface area (Å²) in [5, 5.41) is 9.94. The fourth-order valence-corrected chi connectivity index (χ4v) is 4.55. The van der Waals surface area contributed by atoms with Gasteiger partial charge in [-0.2, -0.15) is 0 Å². The molecule has 0 aliphatic carbocycles. The molecular weight excluding hydrogens is 483 g/mol. The van der Waals surface area contributed by atoms with Gasteiger partial charge in [-0.15, -0.1) is 0 Å². The van der Waals surface area contributed by atoms with E-state index < -0.39 is 11.7 Å². The summed E-state index contributed by atoms with van der Waals surface area (Å²) in [6, 6.07) is 4.15. The standard InChI is InChI=1S/C27H45BN6O4/c1-25(2,3)38-24(37)29-14-8-9-21(35)11-13-23(36)34-17-15-33(16-18-34)22-12-10-20(19-30-22)28-31-26(4,5)27(6,7)32-28/h10,12,19,31-32H,8-9,11,13-18H2,1-7H3,(H,29,37). The summed E-state index contributed by atoms with van der Waals surface area (Å²) in [4.78, 5) is 45.2. The van der Waals surface area contributed by atoms with Crippen molar-refractivity contribution in [3.8, 4) is 0 Å². The number of anilines is 1. The summed E-state index contributed by atoms with van der Waals surface area (Å²) in [7, 11) is 0. The monoisotopic (exact) mass is 528 g/mol. The molecule has 0 atom stereocenters. The van der Waals surface area contributed by atoms with Crippen LogP contribution in [0.5, 0.6) is 0 Å². The number of carbonyl (C=O) groups excluding carboxylic acids is 3. The van der Waals surface area contributed by atoms with Crippen molar-refractivity contribution >= 4 is 36.0 Å². The molecule has 10 nitrogen and oxygen atoms in total. The fourth-order valence-electron chi connectivity index (χ4n) is 4.55. The van der Waals surface area contributed by atoms with Gasteiger partial charge in [-0.05, 0) is 66.4 Å². The first-order valence-electron chi connectivity index (χ1n) is 13.7. The number of piperazine rings is 1. The summed E-state index contributed by atoms with van der Waals surface area (Å²) in [6.45, 7) is 17.3. The van der Waals surface area contributed by atoms with Crippen molar-refractivity contribution in [2.45, 2.75) is 90.8 Å². The van der Waals surface area contributed by atoms with Crippen LogP contribution in [0.1, 0.15) is 74.1 Å². The van der Waals surface area contributed by atoms with Crippen LogP contribution in [-0.4, -0.2) is 84.1 Å². The van der Waals surface area contributed by atoms with Gasteiger partial charge in [0.25, 0.3) is 0 Å². The highest BCUT2D eigenvalue weighted by molar-refractivity contribution is 6.69. The maximum Gasteiger partial charge on any atom is 0.407 e. The van der Waals surface area contributed by atoms with Gasteiger partial charge in [0.1, 0.15) is 17.2 Å². The van der Waals surface area contributed by atoms with Gasteiger partial charge in [-0.25, -0.2) is 9.78 Å². The molecule has 3 heterocycles. The number of Topliss-reactive ketones (excluding diaryl/α,β-unsaturated/α-hetero) is 1. The number of rotatable bonds is 9. The van der Waals surface area contributed by atoms with Crippen molar-refractivity contribution in [1.82, 2.24) is 25.7 Å². The second-order valence-corrected chi connectivity index (χ2v) is 12.4. The van der Waals surface area contributed by atoms with Crippen LogP contribution in [0, 0.1) is 0 Å². The van der Waals surface area contributed by atoms with Gasteiger partial charge in [0.15, 0.2) is 0 Å². The Labute approximate surface area is 227 Å².